The summed E-state index contributed by atoms with van der Waals surface area (Å²) in [5.74, 6) is 1.00. The van der Waals surface area contributed by atoms with Crippen LogP contribution in [0, 0.1) is 5.92 Å². The molecule has 0 N–H and O–H groups in total. The number of benzene rings is 1. The van der Waals surface area contributed by atoms with Crippen LogP contribution in [-0.4, -0.2) is 43.7 Å². The van der Waals surface area contributed by atoms with E-state index in [0.717, 1.165) is 51.3 Å². The second kappa shape index (κ2) is 8.67. The van der Waals surface area contributed by atoms with Gasteiger partial charge in [-0.05, 0) is 51.4 Å². The predicted octanol–water partition coefficient (Wildman–Crippen LogP) is 2.73. The van der Waals surface area contributed by atoms with E-state index in [0.29, 0.717) is 6.61 Å². The van der Waals surface area contributed by atoms with Gasteiger partial charge in [0.25, 0.3) is 0 Å². The molecule has 1 fully saturated rings. The summed E-state index contributed by atoms with van der Waals surface area (Å²) in [7, 11) is 0. The number of nitrogens with zero attached hydrogens (tertiary/aromatic N) is 1. The normalized spacial score (nSPS) is 16.6. The highest BCUT2D eigenvalue weighted by atomic mass is 16.5. The number of likely N-dealkylation sites (tertiary alicyclic amines) is 1. The van der Waals surface area contributed by atoms with Crippen LogP contribution in [0.2, 0.25) is 0 Å². The van der Waals surface area contributed by atoms with E-state index < -0.39 is 0 Å². The van der Waals surface area contributed by atoms with Crippen LogP contribution in [0.1, 0.15) is 26.2 Å². The highest BCUT2D eigenvalue weighted by molar-refractivity contribution is 5.72. The van der Waals surface area contributed by atoms with E-state index in [-0.39, 0.29) is 11.9 Å². The molecule has 1 heterocycles. The maximum absolute atomic E-state index is 11.7. The second-order valence-electron chi connectivity index (χ2n) is 5.38. The van der Waals surface area contributed by atoms with Crippen LogP contribution in [-0.2, 0) is 9.53 Å². The molecule has 4 nitrogen and oxygen atoms in total. The average molecular weight is 291 g/mol. The highest BCUT2D eigenvalue weighted by Crippen LogP contribution is 2.18. The van der Waals surface area contributed by atoms with Crippen LogP contribution in [0.5, 0.6) is 5.75 Å². The van der Waals surface area contributed by atoms with Gasteiger partial charge in [0.05, 0.1) is 19.1 Å². The molecule has 0 spiro atoms. The molecule has 0 atom stereocenters. The Balaban J connectivity index is 1.58. The first-order valence-corrected chi connectivity index (χ1v) is 7.86. The van der Waals surface area contributed by atoms with Gasteiger partial charge in [0, 0.05) is 6.54 Å². The molecule has 0 bridgehead atoms. The number of piperidine rings is 1. The lowest BCUT2D eigenvalue weighted by Gasteiger charge is -2.30. The summed E-state index contributed by atoms with van der Waals surface area (Å²) in [4.78, 5) is 14.1. The van der Waals surface area contributed by atoms with Gasteiger partial charge in [-0.2, -0.15) is 0 Å². The van der Waals surface area contributed by atoms with Crippen LogP contribution >= 0.6 is 0 Å². The first kappa shape index (κ1) is 15.8. The molecule has 0 radical (unpaired) electrons. The lowest BCUT2D eigenvalue weighted by molar-refractivity contribution is -0.149. The molecule has 0 unspecified atom stereocenters. The first-order valence-electron chi connectivity index (χ1n) is 7.86. The number of para-hydroxylation sites is 1. The molecule has 1 saturated heterocycles. The van der Waals surface area contributed by atoms with Crippen LogP contribution in [0.3, 0.4) is 0 Å². The van der Waals surface area contributed by atoms with E-state index in [4.69, 9.17) is 9.47 Å². The zero-order valence-electron chi connectivity index (χ0n) is 12.8. The minimum absolute atomic E-state index is 0.0236. The van der Waals surface area contributed by atoms with Crippen molar-refractivity contribution in [2.75, 3.05) is 32.8 Å². The van der Waals surface area contributed by atoms with Gasteiger partial charge in [-0.3, -0.25) is 4.79 Å². The zero-order chi connectivity index (χ0) is 14.9. The third-order valence-electron chi connectivity index (χ3n) is 3.84. The summed E-state index contributed by atoms with van der Waals surface area (Å²) in [5.41, 5.74) is 0. The van der Waals surface area contributed by atoms with Gasteiger partial charge in [0.1, 0.15) is 5.75 Å². The summed E-state index contributed by atoms with van der Waals surface area (Å²) in [6, 6.07) is 9.90. The molecule has 1 aromatic carbocycles. The Morgan fingerprint density at radius 1 is 1.24 bits per heavy atom. The molecule has 0 aliphatic carbocycles. The minimum atomic E-state index is -0.0236. The lowest BCUT2D eigenvalue weighted by Crippen LogP contribution is -2.37. The molecule has 1 aromatic rings. The van der Waals surface area contributed by atoms with Gasteiger partial charge in [0.2, 0.25) is 0 Å². The Bertz CT molecular complexity index is 413. The molecular formula is C17H25NO3. The highest BCUT2D eigenvalue weighted by Gasteiger charge is 2.25. The lowest BCUT2D eigenvalue weighted by atomic mass is 9.97. The van der Waals surface area contributed by atoms with Crippen molar-refractivity contribution in [3.8, 4) is 5.75 Å². The molecule has 0 aromatic heterocycles. The summed E-state index contributed by atoms with van der Waals surface area (Å²) >= 11 is 0. The Morgan fingerprint density at radius 2 is 1.95 bits per heavy atom. The number of rotatable bonds is 7. The van der Waals surface area contributed by atoms with Crippen LogP contribution in [0.25, 0.3) is 0 Å². The van der Waals surface area contributed by atoms with E-state index >= 15 is 0 Å². The molecule has 0 saturated carbocycles. The van der Waals surface area contributed by atoms with Gasteiger partial charge in [-0.25, -0.2) is 0 Å². The van der Waals surface area contributed by atoms with E-state index in [2.05, 4.69) is 4.90 Å². The monoisotopic (exact) mass is 291 g/mol. The maximum atomic E-state index is 11.7. The fraction of sp³-hybridized carbons (Fsp3) is 0.588. The number of ether oxygens (including phenoxy) is 2. The zero-order valence-corrected chi connectivity index (χ0v) is 12.8. The molecule has 116 valence electrons. The van der Waals surface area contributed by atoms with Crippen molar-refractivity contribution in [3.63, 3.8) is 0 Å². The Kier molecular flexibility index (Phi) is 6.54. The molecule has 21 heavy (non-hydrogen) atoms. The first-order chi connectivity index (χ1) is 10.3. The largest absolute Gasteiger partial charge is 0.494 e. The Labute approximate surface area is 127 Å². The molecule has 4 heteroatoms. The van der Waals surface area contributed by atoms with E-state index in [1.807, 2.05) is 37.3 Å². The summed E-state index contributed by atoms with van der Waals surface area (Å²) in [6.45, 7) is 6.07. The molecule has 1 aliphatic heterocycles. The number of carbonyl (C=O) groups is 1. The van der Waals surface area contributed by atoms with Crippen molar-refractivity contribution in [2.45, 2.75) is 26.2 Å². The van der Waals surface area contributed by atoms with Crippen molar-refractivity contribution in [1.82, 2.24) is 4.90 Å². The number of hydrogen-bond donors (Lipinski definition) is 0. The van der Waals surface area contributed by atoms with E-state index in [9.17, 15) is 4.79 Å². The van der Waals surface area contributed by atoms with Gasteiger partial charge < -0.3 is 14.4 Å². The topological polar surface area (TPSA) is 38.8 Å². The molecule has 1 aliphatic rings. The van der Waals surface area contributed by atoms with E-state index in [1.165, 1.54) is 0 Å². The van der Waals surface area contributed by atoms with Crippen LogP contribution in [0.4, 0.5) is 0 Å². The van der Waals surface area contributed by atoms with E-state index in [1.54, 1.807) is 0 Å². The standard InChI is InChI=1S/C17H25NO3/c1-2-20-17(19)15-9-12-18(13-10-15)11-6-14-21-16-7-4-3-5-8-16/h3-5,7-8,15H,2,6,9-14H2,1H3. The van der Waals surface area contributed by atoms with Gasteiger partial charge in [-0.15, -0.1) is 0 Å². The Hall–Kier alpha value is -1.55. The number of esters is 1. The molecule has 2 rings (SSSR count). The minimum Gasteiger partial charge on any atom is -0.494 e. The van der Waals surface area contributed by atoms with Gasteiger partial charge >= 0.3 is 5.97 Å². The maximum Gasteiger partial charge on any atom is 0.309 e. The summed E-state index contributed by atoms with van der Waals surface area (Å²) < 4.78 is 10.8. The fourth-order valence-corrected chi connectivity index (χ4v) is 2.65. The van der Waals surface area contributed by atoms with Gasteiger partial charge in [-0.1, -0.05) is 18.2 Å². The third kappa shape index (κ3) is 5.38. The smallest absolute Gasteiger partial charge is 0.309 e. The summed E-state index contributed by atoms with van der Waals surface area (Å²) in [5, 5.41) is 0. The molecular weight excluding hydrogens is 266 g/mol. The predicted molar refractivity (Wildman–Crippen MR) is 82.4 cm³/mol. The quantitative estimate of drug-likeness (QED) is 0.572. The molecule has 0 amide bonds. The van der Waals surface area contributed by atoms with Crippen LogP contribution < -0.4 is 4.74 Å². The van der Waals surface area contributed by atoms with Crippen molar-refractivity contribution >= 4 is 5.97 Å². The van der Waals surface area contributed by atoms with Crippen molar-refractivity contribution in [2.24, 2.45) is 5.92 Å². The Morgan fingerprint density at radius 3 is 2.62 bits per heavy atom. The van der Waals surface area contributed by atoms with Crippen LogP contribution in [0.15, 0.2) is 30.3 Å². The van der Waals surface area contributed by atoms with Crippen molar-refractivity contribution < 1.29 is 14.3 Å². The second-order valence-corrected chi connectivity index (χ2v) is 5.38. The fourth-order valence-electron chi connectivity index (χ4n) is 2.65. The third-order valence-corrected chi connectivity index (χ3v) is 3.84. The van der Waals surface area contributed by atoms with Crippen molar-refractivity contribution in [3.05, 3.63) is 30.3 Å². The SMILES string of the molecule is CCOC(=O)C1CCN(CCCOc2ccccc2)CC1. The average Bonchev–Trinajstić information content (AvgIpc) is 2.53. The van der Waals surface area contributed by atoms with Crippen molar-refractivity contribution in [1.29, 1.82) is 0 Å². The number of carbonyl (C=O) groups excluding carboxylic acids is 1. The number of hydrogen-bond acceptors (Lipinski definition) is 4. The summed E-state index contributed by atoms with van der Waals surface area (Å²) in [6.07, 6.45) is 2.84. The van der Waals surface area contributed by atoms with Gasteiger partial charge in [0.15, 0.2) is 0 Å².